The predicted molar refractivity (Wildman–Crippen MR) is 643 cm³/mol. The third-order valence-corrected chi connectivity index (χ3v) is 17.3. The number of ketones is 2. The van der Waals surface area contributed by atoms with E-state index in [-0.39, 0.29) is 28.3 Å². The van der Waals surface area contributed by atoms with Gasteiger partial charge in [-0.2, -0.15) is 10.5 Å². The normalized spacial score (nSPS) is 10.4. The monoisotopic (exact) mass is 2040 g/mol. The third kappa shape index (κ3) is 396. The first-order valence-electron chi connectivity index (χ1n) is 56.5. The number of unbranched alkanes of at least 4 members (excludes halogenated alkanes) is 1. The average Bonchev–Trinajstić information content (AvgIpc) is 0.975. The molecule has 0 bridgehead atoms. The lowest BCUT2D eigenvalue weighted by molar-refractivity contribution is -0.119. The fourth-order valence-corrected chi connectivity index (χ4v) is 9.17. The molecular weight excluding hydrogens is 1770 g/mol. The quantitative estimate of drug-likeness (QED) is 0.0153. The standard InChI is InChI=1S/C8H19N.C7H15NO.C7H17NO.2C7H17N.2C7H14O.C7H16O.C6H15N.2C6H14O.C6H12.4C5H13N.2C5H9N.C5H12O.C5H10O/c1-7(2)5-6-9-8(3)4;1-6(2)4-5-8-7(3)9;1-3-4-5-8-6-7-9-2;1-7(2)5-6-8(3)4;1-4-8-6-5-7(2)3;2*1-6(8)5-7(2,3)4;1-6(2)4-7(3)5-8;1-6(2)4-5-7-3;2*1-6(2)4-3-5-7;1-4-5-6(2)3;8*1-5(2)3-4-6/h7-9H,5-6H2,1-4H3;6H,4-5H2,1-3H3,(H,8,9);8H,3-7H2,1-2H3;7H,5-6H2,1-4H3;7-8H,4-6H2,1-3H3;2*5H2,1-4H3;6-8H,4-5H2,1-3H3;6-7H,4-5H2,1-3H3;2*6-7H,3-5H2,1-2H3;4,6H,1,5H2,2-3H3;4*5H,3-4,6H2,1-2H3;2*5H,3H2,1-2H3;5-6H,3-4H2,1-2H3;4-5H,3H2,1-2H3/t;;;;;;;7-;;;;;;;;;;;;/m.......0............/s1. The number of nitrogens with two attached hydrogens (primary N) is 4. The van der Waals surface area contributed by atoms with Gasteiger partial charge in [-0.3, -0.25) is 4.79 Å². The van der Waals surface area contributed by atoms with Gasteiger partial charge < -0.3 is 94.0 Å². The van der Waals surface area contributed by atoms with E-state index in [1.54, 1.807) is 27.9 Å². The van der Waals surface area contributed by atoms with Crippen molar-refractivity contribution in [2.24, 2.45) is 140 Å². The number of methoxy groups -OCH3 is 1. The van der Waals surface area contributed by atoms with Gasteiger partial charge in [0.05, 0.1) is 18.7 Å². The van der Waals surface area contributed by atoms with E-state index in [0.717, 1.165) is 226 Å². The Bertz CT molecular complexity index is 2080. The summed E-state index contributed by atoms with van der Waals surface area (Å²) in [6, 6.07) is 4.78. The summed E-state index contributed by atoms with van der Waals surface area (Å²) in [5.41, 5.74) is 21.3. The molecule has 21 nitrogen and oxygen atoms in total. The van der Waals surface area contributed by atoms with Crippen LogP contribution in [0, 0.1) is 140 Å². The van der Waals surface area contributed by atoms with Crippen LogP contribution in [0.2, 0.25) is 0 Å². The summed E-state index contributed by atoms with van der Waals surface area (Å²) < 4.78 is 4.86. The maximum absolute atomic E-state index is 10.5. The Morgan fingerprint density at radius 2 is 0.718 bits per heavy atom. The number of Topliss-reactive ketones (excluding diaryl/α,β-unsaturated/α-hetero) is 2. The number of nitrogens with one attached hydrogen (secondary N) is 5. The summed E-state index contributed by atoms with van der Waals surface area (Å²) in [6.07, 6.45) is 27.1. The van der Waals surface area contributed by atoms with Gasteiger partial charge >= 0.3 is 0 Å². The zero-order valence-corrected chi connectivity index (χ0v) is 107. The van der Waals surface area contributed by atoms with Gasteiger partial charge in [-0.15, -0.1) is 6.58 Å². The molecule has 1 amide bonds. The second-order valence-electron chi connectivity index (χ2n) is 47.2. The molecule has 0 aromatic carbocycles. The molecule has 0 aliphatic rings. The van der Waals surface area contributed by atoms with Crippen molar-refractivity contribution in [2.75, 3.05) is 140 Å². The molecule has 0 aromatic heterocycles. The van der Waals surface area contributed by atoms with Crippen molar-refractivity contribution in [3.05, 3.63) is 12.7 Å². The predicted octanol–water partition coefficient (Wildman–Crippen LogP) is 28.8. The van der Waals surface area contributed by atoms with Crippen LogP contribution in [0.3, 0.4) is 0 Å². The molecular formula is C121H276N12O9. The summed E-state index contributed by atoms with van der Waals surface area (Å²) in [5.74, 6) is 13.5. The summed E-state index contributed by atoms with van der Waals surface area (Å²) in [7, 11) is 7.94. The number of hydrogen-bond acceptors (Lipinski definition) is 20. The van der Waals surface area contributed by atoms with Crippen molar-refractivity contribution in [3.8, 4) is 12.1 Å². The van der Waals surface area contributed by atoms with Gasteiger partial charge in [0.25, 0.3) is 0 Å². The molecule has 874 valence electrons. The van der Waals surface area contributed by atoms with Crippen LogP contribution in [0.1, 0.15) is 480 Å². The highest BCUT2D eigenvalue weighted by Gasteiger charge is 2.13. The van der Waals surface area contributed by atoms with Gasteiger partial charge in [0, 0.05) is 91.7 Å². The highest BCUT2D eigenvalue weighted by molar-refractivity contribution is 5.76. The van der Waals surface area contributed by atoms with Crippen LogP contribution in [-0.2, 0) is 23.9 Å². The smallest absolute Gasteiger partial charge is 0.216 e. The Morgan fingerprint density at radius 3 is 0.845 bits per heavy atom. The number of nitrogens with zero attached hydrogens (tertiary/aromatic N) is 3. The van der Waals surface area contributed by atoms with Crippen LogP contribution < -0.4 is 49.5 Å². The molecule has 0 fully saturated rings. The van der Waals surface area contributed by atoms with E-state index in [1.165, 1.54) is 51.6 Å². The minimum atomic E-state index is 0.0654. The topological polar surface area (TPSA) is 373 Å². The first kappa shape index (κ1) is 187. The molecule has 0 rings (SSSR count). The molecule has 0 heterocycles. The number of rotatable bonds is 50. The highest BCUT2D eigenvalue weighted by Crippen LogP contribution is 2.19. The Balaban J connectivity index is -0.0000000614. The Kier molecular flexibility index (Phi) is 207. The van der Waals surface area contributed by atoms with Crippen LogP contribution in [0.5, 0.6) is 0 Å². The lowest BCUT2D eigenvalue weighted by Gasteiger charge is -2.14. The van der Waals surface area contributed by atoms with E-state index in [1.807, 2.05) is 54.7 Å². The Morgan fingerprint density at radius 1 is 0.401 bits per heavy atom. The number of carbonyl (C=O) groups excluding carboxylic acids is 4. The van der Waals surface area contributed by atoms with Gasteiger partial charge in [-0.05, 0) is 327 Å². The number of nitriles is 2. The summed E-state index contributed by atoms with van der Waals surface area (Å²) in [4.78, 5) is 43.1. The molecule has 0 aliphatic carbocycles. The fourth-order valence-electron chi connectivity index (χ4n) is 9.17. The molecule has 17 N–H and O–H groups in total. The summed E-state index contributed by atoms with van der Waals surface area (Å²) >= 11 is 0. The van der Waals surface area contributed by atoms with E-state index in [9.17, 15) is 19.2 Å². The van der Waals surface area contributed by atoms with Crippen LogP contribution >= 0.6 is 0 Å². The molecule has 21 heteroatoms. The van der Waals surface area contributed by atoms with E-state index in [0.29, 0.717) is 100 Å². The van der Waals surface area contributed by atoms with Crippen LogP contribution in [0.15, 0.2) is 12.7 Å². The molecule has 1 atom stereocenters. The van der Waals surface area contributed by atoms with Crippen molar-refractivity contribution < 1.29 is 44.3 Å². The van der Waals surface area contributed by atoms with Crippen LogP contribution in [0.25, 0.3) is 0 Å². The van der Waals surface area contributed by atoms with E-state index < -0.39 is 0 Å². The van der Waals surface area contributed by atoms with Crippen LogP contribution in [-0.4, -0.2) is 195 Å². The molecule has 0 aliphatic heterocycles. The SMILES string of the molecule is C=CCC(C)C.CC(=O)CC(C)(C)C.CC(=O)CC(C)(C)C.CC(=O)NCCC(C)C.CC(C)CC#N.CC(C)CC#N.CC(C)CC=O.CC(C)CCCO.CC(C)CCCO.CC(C)CCN.CC(C)CCN.CC(C)CCN.CC(C)CCN.CC(C)CCN(C)C.CC(C)CCNC(C)C.CC(C)CCO.CC(C)C[C@H](C)CO.CCCCNCCOC.CCNCCC(C)C.CNCCC(C)C. The van der Waals surface area contributed by atoms with E-state index >= 15 is 0 Å². The van der Waals surface area contributed by atoms with Gasteiger partial charge in [0.15, 0.2) is 0 Å². The number of amides is 1. The number of aldehydes is 1. The van der Waals surface area contributed by atoms with Gasteiger partial charge in [0.2, 0.25) is 5.91 Å². The second-order valence-corrected chi connectivity index (χ2v) is 47.2. The van der Waals surface area contributed by atoms with Crippen molar-refractivity contribution >= 4 is 23.8 Å². The fraction of sp³-hybridized carbons (Fsp3) is 0.934. The summed E-state index contributed by atoms with van der Waals surface area (Å²) in [5, 5.41) is 65.2. The summed E-state index contributed by atoms with van der Waals surface area (Å²) in [6.45, 7) is 119. The molecule has 0 radical (unpaired) electrons. The molecule has 0 unspecified atom stereocenters. The minimum Gasteiger partial charge on any atom is -0.396 e. The number of hydrogen-bond donors (Lipinski definition) is 13. The molecule has 0 aromatic rings. The zero-order valence-electron chi connectivity index (χ0n) is 107. The maximum Gasteiger partial charge on any atom is 0.216 e. The first-order chi connectivity index (χ1) is 65.3. The van der Waals surface area contributed by atoms with Crippen molar-refractivity contribution in [1.29, 1.82) is 10.5 Å². The number of aliphatic hydroxyl groups excluding tert-OH is 4. The van der Waals surface area contributed by atoms with E-state index in [2.05, 4.69) is 334 Å². The number of allylic oxidation sites excluding steroid dienone is 1. The van der Waals surface area contributed by atoms with Crippen LogP contribution in [0.4, 0.5) is 0 Å². The molecule has 0 spiro atoms. The van der Waals surface area contributed by atoms with Crippen molar-refractivity contribution in [2.45, 2.75) is 486 Å². The van der Waals surface area contributed by atoms with Gasteiger partial charge in [0.1, 0.15) is 17.9 Å². The Hall–Kier alpha value is -3.36. The van der Waals surface area contributed by atoms with Gasteiger partial charge in [-0.25, -0.2) is 0 Å². The van der Waals surface area contributed by atoms with Crippen molar-refractivity contribution in [3.63, 3.8) is 0 Å². The van der Waals surface area contributed by atoms with Crippen molar-refractivity contribution in [1.82, 2.24) is 31.5 Å². The largest absolute Gasteiger partial charge is 0.396 e. The zero-order chi connectivity index (χ0) is 117. The highest BCUT2D eigenvalue weighted by atomic mass is 16.5. The first-order valence-corrected chi connectivity index (χ1v) is 56.5. The number of carbonyl (C=O) groups is 4. The van der Waals surface area contributed by atoms with E-state index in [4.69, 9.17) is 58.6 Å². The number of aliphatic hydroxyl groups is 4. The average molecular weight is 2040 g/mol. The maximum atomic E-state index is 10.5. The Labute approximate surface area is 896 Å². The lowest BCUT2D eigenvalue weighted by Crippen LogP contribution is -2.24. The second kappa shape index (κ2) is 158. The molecule has 0 saturated carbocycles. The number of ether oxygens (including phenoxy) is 1. The lowest BCUT2D eigenvalue weighted by atomic mass is 9.90. The van der Waals surface area contributed by atoms with Gasteiger partial charge in [-0.1, -0.05) is 324 Å². The molecule has 142 heavy (non-hydrogen) atoms. The third-order valence-electron chi connectivity index (χ3n) is 17.3. The minimum absolute atomic E-state index is 0.0654. The molecule has 0 saturated heterocycles.